The molecular weight excluding hydrogens is 672 g/mol. The molecule has 284 valence electrons. The van der Waals surface area contributed by atoms with Gasteiger partial charge < -0.3 is 39.8 Å². The molecule has 0 saturated carbocycles. The summed E-state index contributed by atoms with van der Waals surface area (Å²) in [6.45, 7) is 9.78. The van der Waals surface area contributed by atoms with E-state index in [1.165, 1.54) is 28.8 Å². The van der Waals surface area contributed by atoms with Gasteiger partial charge in [-0.15, -0.1) is 0 Å². The van der Waals surface area contributed by atoms with Crippen molar-refractivity contribution in [1.29, 1.82) is 0 Å². The molecule has 2 aliphatic heterocycles. The number of hydrogen-bond donors (Lipinski definition) is 4. The Kier molecular flexibility index (Phi) is 13.1. The molecule has 0 radical (unpaired) electrons. The smallest absolute Gasteiger partial charge is 0.248 e. The van der Waals surface area contributed by atoms with Crippen LogP contribution in [0.2, 0.25) is 0 Å². The standard InChI is InChI=1S/C41H54N6O6/c1-3-30-11-16-43-37(26-30)47-21-24-53-41(29-47)14-18-46(19-15-41)28-32-6-4-5-31(25-32)12-22-52-23-13-39(51)45(2)20-17-42-27-36(49)33-7-9-35(48)40-34(33)8-10-38(50)44-40/h4-11,16,25-26,36,42,48-49H,3,12-15,17-24,27-29H2,1-2H3,(H,44,50)/t36-/m0/s1. The molecule has 4 aromatic rings. The first kappa shape index (κ1) is 38.4. The summed E-state index contributed by atoms with van der Waals surface area (Å²) in [5.41, 5.74) is 4.31. The maximum atomic E-state index is 12.7. The number of aryl methyl sites for hydroxylation is 1. The van der Waals surface area contributed by atoms with Gasteiger partial charge in [0.15, 0.2) is 0 Å². The minimum Gasteiger partial charge on any atom is -0.506 e. The van der Waals surface area contributed by atoms with Crippen molar-refractivity contribution in [3.05, 3.63) is 99.5 Å². The number of carbonyl (C=O) groups is 1. The molecule has 0 unspecified atom stereocenters. The van der Waals surface area contributed by atoms with Gasteiger partial charge in [-0.1, -0.05) is 37.3 Å². The number of piperidine rings is 1. The maximum Gasteiger partial charge on any atom is 0.248 e. The van der Waals surface area contributed by atoms with Gasteiger partial charge in [0.25, 0.3) is 0 Å². The number of carbonyl (C=O) groups excluding carboxylic acids is 1. The lowest BCUT2D eigenvalue weighted by molar-refractivity contribution is -0.131. The van der Waals surface area contributed by atoms with Crippen LogP contribution >= 0.6 is 0 Å². The normalized spacial score (nSPS) is 16.6. The minimum absolute atomic E-state index is 0.000150. The number of nitrogens with zero attached hydrogens (tertiary/aromatic N) is 4. The number of phenols is 1. The number of morpholine rings is 1. The predicted octanol–water partition coefficient (Wildman–Crippen LogP) is 3.79. The average Bonchev–Trinajstić information content (AvgIpc) is 3.17. The molecule has 1 spiro atoms. The number of amides is 1. The molecule has 12 nitrogen and oxygen atoms in total. The molecule has 2 saturated heterocycles. The molecule has 1 atom stereocenters. The number of aliphatic hydroxyl groups is 1. The average molecular weight is 727 g/mol. The van der Waals surface area contributed by atoms with Gasteiger partial charge in [0, 0.05) is 77.1 Å². The fourth-order valence-electron chi connectivity index (χ4n) is 7.37. The Bertz CT molecular complexity index is 1880. The van der Waals surface area contributed by atoms with E-state index in [0.717, 1.165) is 70.8 Å². The lowest BCUT2D eigenvalue weighted by Crippen LogP contribution is -2.57. The van der Waals surface area contributed by atoms with Crippen LogP contribution < -0.4 is 15.8 Å². The highest BCUT2D eigenvalue weighted by Gasteiger charge is 2.40. The number of fused-ring (bicyclic) bond motifs is 1. The molecule has 53 heavy (non-hydrogen) atoms. The number of likely N-dealkylation sites (tertiary alicyclic amines) is 1. The summed E-state index contributed by atoms with van der Waals surface area (Å²) >= 11 is 0. The zero-order valence-electron chi connectivity index (χ0n) is 31.1. The van der Waals surface area contributed by atoms with Gasteiger partial charge >= 0.3 is 0 Å². The van der Waals surface area contributed by atoms with Gasteiger partial charge in [0.2, 0.25) is 11.5 Å². The van der Waals surface area contributed by atoms with Crippen LogP contribution in [0.4, 0.5) is 5.82 Å². The van der Waals surface area contributed by atoms with Gasteiger partial charge in [-0.2, -0.15) is 0 Å². The summed E-state index contributed by atoms with van der Waals surface area (Å²) in [5.74, 6) is 1.02. The molecule has 2 fully saturated rings. The Morgan fingerprint density at radius 2 is 1.91 bits per heavy atom. The van der Waals surface area contributed by atoms with E-state index in [9.17, 15) is 19.8 Å². The molecule has 0 bridgehead atoms. The third kappa shape index (κ3) is 10.2. The topological polar surface area (TPSA) is 143 Å². The number of hydrogen-bond acceptors (Lipinski definition) is 10. The lowest BCUT2D eigenvalue weighted by atomic mass is 9.89. The minimum atomic E-state index is -0.854. The number of phenolic OH excluding ortho intramolecular Hbond substituents is 1. The SMILES string of the molecule is CCc1ccnc(N2CCOC3(CCN(Cc4cccc(CCOCCC(=O)N(C)CCNC[C@H](O)c5ccc(O)c6[nH]c(=O)ccc56)c4)CC3)C2)c1. The van der Waals surface area contributed by atoms with E-state index >= 15 is 0 Å². The molecule has 4 N–H and O–H groups in total. The van der Waals surface area contributed by atoms with E-state index in [1.54, 1.807) is 24.1 Å². The highest BCUT2D eigenvalue weighted by molar-refractivity contribution is 5.87. The molecule has 0 aliphatic carbocycles. The second-order valence-electron chi connectivity index (χ2n) is 14.4. The first-order chi connectivity index (χ1) is 25.7. The summed E-state index contributed by atoms with van der Waals surface area (Å²) in [4.78, 5) is 38.2. The van der Waals surface area contributed by atoms with Gasteiger partial charge in [-0.05, 0) is 72.2 Å². The van der Waals surface area contributed by atoms with E-state index in [-0.39, 0.29) is 29.4 Å². The second kappa shape index (κ2) is 18.1. The number of nitrogens with one attached hydrogen (secondary N) is 2. The predicted molar refractivity (Wildman–Crippen MR) is 206 cm³/mol. The molecule has 1 amide bonds. The van der Waals surface area contributed by atoms with Crippen molar-refractivity contribution in [3.8, 4) is 5.75 Å². The van der Waals surface area contributed by atoms with Crippen LogP contribution in [-0.4, -0.2) is 114 Å². The Hall–Kier alpha value is -4.33. The number of ether oxygens (including phenoxy) is 2. The van der Waals surface area contributed by atoms with E-state index in [4.69, 9.17) is 9.47 Å². The number of rotatable bonds is 16. The summed E-state index contributed by atoms with van der Waals surface area (Å²) in [6, 6.07) is 19.1. The van der Waals surface area contributed by atoms with Crippen molar-refractivity contribution < 1.29 is 24.5 Å². The Balaban J connectivity index is 0.854. The molecule has 2 aromatic heterocycles. The molecular formula is C41H54N6O6. The number of aliphatic hydroxyl groups excluding tert-OH is 1. The Morgan fingerprint density at radius 1 is 1.08 bits per heavy atom. The van der Waals surface area contributed by atoms with Crippen molar-refractivity contribution >= 4 is 22.6 Å². The zero-order chi connectivity index (χ0) is 37.2. The molecule has 2 aromatic carbocycles. The van der Waals surface area contributed by atoms with Crippen LogP contribution in [0.3, 0.4) is 0 Å². The quantitative estimate of drug-likeness (QED) is 0.126. The fraction of sp³-hybridized carbons (Fsp3) is 0.488. The number of aromatic hydroxyl groups is 1. The van der Waals surface area contributed by atoms with E-state index < -0.39 is 6.10 Å². The van der Waals surface area contributed by atoms with Gasteiger partial charge in [-0.25, -0.2) is 4.98 Å². The second-order valence-corrected chi connectivity index (χ2v) is 14.4. The molecule has 6 rings (SSSR count). The maximum absolute atomic E-state index is 12.7. The number of pyridine rings is 2. The number of anilines is 1. The van der Waals surface area contributed by atoms with Crippen molar-refractivity contribution in [2.24, 2.45) is 0 Å². The van der Waals surface area contributed by atoms with Crippen molar-refractivity contribution in [2.75, 3.05) is 77.6 Å². The van der Waals surface area contributed by atoms with Gasteiger partial charge in [-0.3, -0.25) is 14.5 Å². The highest BCUT2D eigenvalue weighted by atomic mass is 16.5. The molecule has 2 aliphatic rings. The number of likely N-dealkylation sites (N-methyl/N-ethyl adjacent to an activating group) is 1. The van der Waals surface area contributed by atoms with E-state index in [2.05, 4.69) is 68.4 Å². The number of aromatic amines is 1. The first-order valence-electron chi connectivity index (χ1n) is 18.9. The molecule has 12 heteroatoms. The largest absolute Gasteiger partial charge is 0.506 e. The van der Waals surface area contributed by atoms with Crippen LogP contribution in [0.1, 0.15) is 54.5 Å². The van der Waals surface area contributed by atoms with E-state index in [1.807, 2.05) is 6.20 Å². The third-order valence-electron chi connectivity index (χ3n) is 10.6. The Morgan fingerprint density at radius 3 is 2.74 bits per heavy atom. The van der Waals surface area contributed by atoms with Crippen LogP contribution in [0.25, 0.3) is 10.9 Å². The van der Waals surface area contributed by atoms with Crippen molar-refractivity contribution in [3.63, 3.8) is 0 Å². The Labute approximate surface area is 311 Å². The van der Waals surface area contributed by atoms with Crippen LogP contribution in [0.5, 0.6) is 5.75 Å². The number of benzene rings is 2. The third-order valence-corrected chi connectivity index (χ3v) is 10.6. The summed E-state index contributed by atoms with van der Waals surface area (Å²) in [6.07, 6.45) is 5.20. The lowest BCUT2D eigenvalue weighted by Gasteiger charge is -2.47. The van der Waals surface area contributed by atoms with Crippen LogP contribution in [0, 0.1) is 0 Å². The number of aromatic nitrogens is 2. The number of H-pyrrole nitrogens is 1. The monoisotopic (exact) mass is 726 g/mol. The summed E-state index contributed by atoms with van der Waals surface area (Å²) < 4.78 is 12.3. The molecule has 4 heterocycles. The van der Waals surface area contributed by atoms with Crippen LogP contribution in [-0.2, 0) is 33.7 Å². The zero-order valence-corrected chi connectivity index (χ0v) is 31.1. The van der Waals surface area contributed by atoms with Crippen LogP contribution in [0.15, 0.2) is 71.7 Å². The van der Waals surface area contributed by atoms with E-state index in [0.29, 0.717) is 49.2 Å². The first-order valence-corrected chi connectivity index (χ1v) is 18.9. The summed E-state index contributed by atoms with van der Waals surface area (Å²) in [5, 5.41) is 24.6. The fourth-order valence-corrected chi connectivity index (χ4v) is 7.37. The highest BCUT2D eigenvalue weighted by Crippen LogP contribution is 2.33. The van der Waals surface area contributed by atoms with Gasteiger partial charge in [0.1, 0.15) is 11.6 Å². The van der Waals surface area contributed by atoms with Crippen molar-refractivity contribution in [2.45, 2.75) is 57.3 Å². The van der Waals surface area contributed by atoms with Crippen molar-refractivity contribution in [1.82, 2.24) is 25.1 Å². The summed E-state index contributed by atoms with van der Waals surface area (Å²) in [7, 11) is 1.76. The van der Waals surface area contributed by atoms with Gasteiger partial charge in [0.05, 0.1) is 43.5 Å².